The highest BCUT2D eigenvalue weighted by Gasteiger charge is 2.40. The summed E-state index contributed by atoms with van der Waals surface area (Å²) >= 11 is 3.04. The number of benzene rings is 1. The van der Waals surface area contributed by atoms with E-state index in [2.05, 4.69) is 35.1 Å². The first kappa shape index (κ1) is 15.9. The first-order chi connectivity index (χ1) is 9.36. The first-order valence-electron chi connectivity index (χ1n) is 7.24. The van der Waals surface area contributed by atoms with Gasteiger partial charge in [-0.05, 0) is 58.8 Å². The third-order valence-electron chi connectivity index (χ3n) is 4.54. The van der Waals surface area contributed by atoms with E-state index < -0.39 is 5.82 Å². The van der Waals surface area contributed by atoms with E-state index in [4.69, 9.17) is 0 Å². The summed E-state index contributed by atoms with van der Waals surface area (Å²) < 4.78 is 28.3. The predicted molar refractivity (Wildman–Crippen MR) is 81.6 cm³/mol. The number of nitrogens with one attached hydrogen (secondary N) is 1. The molecule has 0 heterocycles. The molecule has 1 saturated carbocycles. The summed E-state index contributed by atoms with van der Waals surface area (Å²) in [5, 5.41) is 3.36. The molecule has 0 spiro atoms. The molecule has 1 nitrogen and oxygen atoms in total. The van der Waals surface area contributed by atoms with E-state index in [1.165, 1.54) is 12.1 Å². The summed E-state index contributed by atoms with van der Waals surface area (Å²) in [6.45, 7) is 7.20. The molecule has 0 bridgehead atoms. The Bertz CT molecular complexity index is 488. The molecule has 20 heavy (non-hydrogen) atoms. The lowest BCUT2D eigenvalue weighted by Crippen LogP contribution is -2.34. The smallest absolute Gasteiger partial charge is 0.137 e. The minimum Gasteiger partial charge on any atom is -0.310 e. The van der Waals surface area contributed by atoms with Crippen LogP contribution in [0.15, 0.2) is 16.6 Å². The molecule has 0 radical (unpaired) electrons. The zero-order valence-corrected chi connectivity index (χ0v) is 13.9. The van der Waals surface area contributed by atoms with Crippen molar-refractivity contribution in [3.05, 3.63) is 33.8 Å². The minimum atomic E-state index is -0.403. The summed E-state index contributed by atoms with van der Waals surface area (Å²) in [7, 11) is 0. The maximum absolute atomic E-state index is 14.3. The minimum absolute atomic E-state index is 0.125. The second kappa shape index (κ2) is 6.10. The maximum Gasteiger partial charge on any atom is 0.137 e. The highest BCUT2D eigenvalue weighted by atomic mass is 79.9. The molecule has 1 aromatic rings. The molecule has 112 valence electrons. The first-order valence-corrected chi connectivity index (χ1v) is 8.04. The Morgan fingerprint density at radius 3 is 2.60 bits per heavy atom. The highest BCUT2D eigenvalue weighted by Crippen LogP contribution is 2.49. The fourth-order valence-electron chi connectivity index (χ4n) is 3.44. The van der Waals surface area contributed by atoms with Gasteiger partial charge in [-0.3, -0.25) is 0 Å². The van der Waals surface area contributed by atoms with Gasteiger partial charge in [0.05, 0.1) is 4.47 Å². The molecule has 0 aliphatic heterocycles. The molecule has 2 rings (SSSR count). The Hall–Kier alpha value is -0.480. The van der Waals surface area contributed by atoms with Crippen LogP contribution in [0.2, 0.25) is 0 Å². The Morgan fingerprint density at radius 2 is 2.05 bits per heavy atom. The van der Waals surface area contributed by atoms with Crippen molar-refractivity contribution in [1.82, 2.24) is 5.32 Å². The number of hydrogen-bond donors (Lipinski definition) is 1. The normalized spacial score (nSPS) is 23.0. The van der Waals surface area contributed by atoms with E-state index in [0.717, 1.165) is 25.8 Å². The van der Waals surface area contributed by atoms with Gasteiger partial charge in [0.1, 0.15) is 11.6 Å². The van der Waals surface area contributed by atoms with Gasteiger partial charge in [-0.2, -0.15) is 0 Å². The van der Waals surface area contributed by atoms with Gasteiger partial charge in [0.2, 0.25) is 0 Å². The Kier molecular flexibility index (Phi) is 4.85. The van der Waals surface area contributed by atoms with Crippen molar-refractivity contribution in [3.8, 4) is 0 Å². The Labute approximate surface area is 128 Å². The lowest BCUT2D eigenvalue weighted by Gasteiger charge is -2.35. The second-order valence-corrected chi connectivity index (χ2v) is 7.16. The molecule has 0 aromatic heterocycles. The maximum atomic E-state index is 14.3. The highest BCUT2D eigenvalue weighted by molar-refractivity contribution is 9.10. The van der Waals surface area contributed by atoms with E-state index in [9.17, 15) is 8.78 Å². The van der Waals surface area contributed by atoms with Crippen molar-refractivity contribution < 1.29 is 8.78 Å². The number of halogens is 3. The molecule has 2 unspecified atom stereocenters. The summed E-state index contributed by atoms with van der Waals surface area (Å²) in [5.41, 5.74) is 0.607. The molecule has 4 heteroatoms. The summed E-state index contributed by atoms with van der Waals surface area (Å²) in [5.74, 6) is -0.412. The third-order valence-corrected chi connectivity index (χ3v) is 5.15. The lowest BCUT2D eigenvalue weighted by molar-refractivity contribution is 0.196. The van der Waals surface area contributed by atoms with Gasteiger partial charge in [-0.1, -0.05) is 27.2 Å². The summed E-state index contributed by atoms with van der Waals surface area (Å²) in [6.07, 6.45) is 3.35. The molecule has 1 aliphatic carbocycles. The van der Waals surface area contributed by atoms with Gasteiger partial charge < -0.3 is 5.32 Å². The van der Waals surface area contributed by atoms with Gasteiger partial charge in [-0.25, -0.2) is 8.78 Å². The van der Waals surface area contributed by atoms with Crippen LogP contribution in [-0.2, 0) is 0 Å². The van der Waals surface area contributed by atoms with Crippen molar-refractivity contribution in [1.29, 1.82) is 0 Å². The Balaban J connectivity index is 2.41. The van der Waals surface area contributed by atoms with Crippen LogP contribution in [0.3, 0.4) is 0 Å². The molecule has 1 fully saturated rings. The molecule has 0 amide bonds. The standard InChI is InChI=1S/C16H22BrF2N/c1-4-20-15(11-6-5-7-16(11,2)3)10-8-14(19)12(17)9-13(10)18/h8-9,11,15,20H,4-7H2,1-3H3. The van der Waals surface area contributed by atoms with Gasteiger partial charge in [0.25, 0.3) is 0 Å². The van der Waals surface area contributed by atoms with Crippen molar-refractivity contribution in [3.63, 3.8) is 0 Å². The van der Waals surface area contributed by atoms with E-state index in [1.54, 1.807) is 0 Å². The van der Waals surface area contributed by atoms with Crippen LogP contribution < -0.4 is 5.32 Å². The summed E-state index contributed by atoms with van der Waals surface area (Å²) in [4.78, 5) is 0. The van der Waals surface area contributed by atoms with E-state index in [-0.39, 0.29) is 21.7 Å². The van der Waals surface area contributed by atoms with Crippen molar-refractivity contribution in [2.45, 2.75) is 46.1 Å². The SMILES string of the molecule is CCNC(c1cc(F)c(Br)cc1F)C1CCCC1(C)C. The average molecular weight is 346 g/mol. The quantitative estimate of drug-likeness (QED) is 0.739. The lowest BCUT2D eigenvalue weighted by atomic mass is 9.75. The van der Waals surface area contributed by atoms with E-state index >= 15 is 0 Å². The third kappa shape index (κ3) is 3.06. The van der Waals surface area contributed by atoms with Crippen molar-refractivity contribution >= 4 is 15.9 Å². The van der Waals surface area contributed by atoms with Gasteiger partial charge in [0, 0.05) is 11.6 Å². The fraction of sp³-hybridized carbons (Fsp3) is 0.625. The zero-order valence-electron chi connectivity index (χ0n) is 12.3. The summed E-state index contributed by atoms with van der Waals surface area (Å²) in [6, 6.07) is 2.44. The molecule has 1 aromatic carbocycles. The van der Waals surface area contributed by atoms with Crippen LogP contribution in [0.4, 0.5) is 8.78 Å². The van der Waals surface area contributed by atoms with Crippen LogP contribution >= 0.6 is 15.9 Å². The molecule has 1 aliphatic rings. The topological polar surface area (TPSA) is 12.0 Å². The molecule has 0 saturated heterocycles. The fourth-order valence-corrected chi connectivity index (χ4v) is 3.75. The van der Waals surface area contributed by atoms with Crippen LogP contribution in [0.25, 0.3) is 0 Å². The van der Waals surface area contributed by atoms with Crippen LogP contribution in [0.1, 0.15) is 51.6 Å². The molecule has 2 atom stereocenters. The van der Waals surface area contributed by atoms with Crippen molar-refractivity contribution in [2.75, 3.05) is 6.54 Å². The molecule has 1 N–H and O–H groups in total. The number of rotatable bonds is 4. The molecular formula is C16H22BrF2N. The second-order valence-electron chi connectivity index (χ2n) is 6.31. The van der Waals surface area contributed by atoms with E-state index in [1.807, 2.05) is 6.92 Å². The van der Waals surface area contributed by atoms with Gasteiger partial charge >= 0.3 is 0 Å². The zero-order chi connectivity index (χ0) is 14.9. The van der Waals surface area contributed by atoms with Crippen LogP contribution in [0, 0.1) is 23.0 Å². The van der Waals surface area contributed by atoms with Crippen LogP contribution in [-0.4, -0.2) is 6.54 Å². The van der Waals surface area contributed by atoms with Gasteiger partial charge in [-0.15, -0.1) is 0 Å². The number of hydrogen-bond acceptors (Lipinski definition) is 1. The Morgan fingerprint density at radius 1 is 1.35 bits per heavy atom. The monoisotopic (exact) mass is 345 g/mol. The predicted octanol–water partition coefficient (Wildman–Crippen LogP) is 5.20. The van der Waals surface area contributed by atoms with Gasteiger partial charge in [0.15, 0.2) is 0 Å². The van der Waals surface area contributed by atoms with E-state index in [0.29, 0.717) is 11.5 Å². The molecular weight excluding hydrogens is 324 g/mol. The van der Waals surface area contributed by atoms with Crippen LogP contribution in [0.5, 0.6) is 0 Å². The average Bonchev–Trinajstić information content (AvgIpc) is 2.71. The largest absolute Gasteiger partial charge is 0.310 e. The van der Waals surface area contributed by atoms with Crippen molar-refractivity contribution in [2.24, 2.45) is 11.3 Å².